The first-order chi connectivity index (χ1) is 9.18. The van der Waals surface area contributed by atoms with Gasteiger partial charge in [-0.05, 0) is 13.8 Å². The average molecular weight is 288 g/mol. The molecule has 7 nitrogen and oxygen atoms in total. The van der Waals surface area contributed by atoms with Gasteiger partial charge >= 0.3 is 11.9 Å². The highest BCUT2D eigenvalue weighted by Crippen LogP contribution is 2.17. The van der Waals surface area contributed by atoms with Gasteiger partial charge < -0.3 is 14.6 Å². The number of hydrogen-bond acceptors (Lipinski definition) is 7. The van der Waals surface area contributed by atoms with Crippen LogP contribution in [0.1, 0.15) is 33.6 Å². The van der Waals surface area contributed by atoms with Gasteiger partial charge in [-0.3, -0.25) is 19.2 Å². The minimum Gasteiger partial charge on any atom is -0.465 e. The molecule has 7 heteroatoms. The number of carbonyl (C=O) groups excluding carboxylic acids is 4. The Bertz CT molecular complexity index is 354. The molecule has 0 saturated heterocycles. The summed E-state index contributed by atoms with van der Waals surface area (Å²) in [5, 5.41) is 9.26. The van der Waals surface area contributed by atoms with Gasteiger partial charge in [-0.1, -0.05) is 6.92 Å². The van der Waals surface area contributed by atoms with Crippen LogP contribution in [0.5, 0.6) is 0 Å². The Morgan fingerprint density at radius 1 is 0.900 bits per heavy atom. The maximum atomic E-state index is 11.2. The van der Waals surface area contributed by atoms with E-state index >= 15 is 0 Å². The minimum absolute atomic E-state index is 0.192. The van der Waals surface area contributed by atoms with Crippen molar-refractivity contribution < 1.29 is 33.8 Å². The van der Waals surface area contributed by atoms with Crippen molar-refractivity contribution in [2.24, 2.45) is 5.41 Å². The molecule has 0 aliphatic carbocycles. The molecule has 0 fully saturated rings. The molecule has 114 valence electrons. The standard InChI is InChI=1S/C13H20O7/c1-9(15)4-11(17)19-7-13(3,6-14)8-20-12(18)5-10(2)16/h14H,4-8H2,1-3H3. The summed E-state index contributed by atoms with van der Waals surface area (Å²) in [5.41, 5.74) is -0.973. The molecule has 1 N–H and O–H groups in total. The molecule has 0 aromatic rings. The predicted octanol–water partition coefficient (Wildman–Crippen LogP) is 0.0296. The second-order valence-corrected chi connectivity index (χ2v) is 5.05. The van der Waals surface area contributed by atoms with Crippen LogP contribution in [0.4, 0.5) is 0 Å². The first-order valence-electron chi connectivity index (χ1n) is 6.09. The quantitative estimate of drug-likeness (QED) is 0.471. The predicted molar refractivity (Wildman–Crippen MR) is 67.7 cm³/mol. The van der Waals surface area contributed by atoms with Gasteiger partial charge in [-0.15, -0.1) is 0 Å². The molecule has 0 saturated carbocycles. The van der Waals surface area contributed by atoms with E-state index in [0.717, 1.165) is 0 Å². The fraction of sp³-hybridized carbons (Fsp3) is 0.692. The number of carbonyl (C=O) groups is 4. The van der Waals surface area contributed by atoms with Gasteiger partial charge in [-0.25, -0.2) is 0 Å². The highest BCUT2D eigenvalue weighted by atomic mass is 16.5. The van der Waals surface area contributed by atoms with E-state index in [1.54, 1.807) is 6.92 Å². The van der Waals surface area contributed by atoms with Crippen LogP contribution in [0.25, 0.3) is 0 Å². The minimum atomic E-state index is -0.973. The zero-order valence-corrected chi connectivity index (χ0v) is 11.9. The first-order valence-corrected chi connectivity index (χ1v) is 6.09. The summed E-state index contributed by atoms with van der Waals surface area (Å²) >= 11 is 0. The zero-order valence-electron chi connectivity index (χ0n) is 11.9. The number of ether oxygens (including phenoxy) is 2. The van der Waals surface area contributed by atoms with E-state index in [-0.39, 0.29) is 44.2 Å². The van der Waals surface area contributed by atoms with Crippen molar-refractivity contribution in [1.82, 2.24) is 0 Å². The normalized spacial score (nSPS) is 10.8. The van der Waals surface area contributed by atoms with E-state index in [4.69, 9.17) is 9.47 Å². The molecule has 0 radical (unpaired) electrons. The van der Waals surface area contributed by atoms with Crippen LogP contribution in [0.2, 0.25) is 0 Å². The molecule has 20 heavy (non-hydrogen) atoms. The second-order valence-electron chi connectivity index (χ2n) is 5.05. The molecule has 0 amide bonds. The SMILES string of the molecule is CC(=O)CC(=O)OCC(C)(CO)COC(=O)CC(C)=O. The lowest BCUT2D eigenvalue weighted by atomic mass is 9.94. The smallest absolute Gasteiger partial charge is 0.313 e. The topological polar surface area (TPSA) is 107 Å². The number of rotatable bonds is 9. The largest absolute Gasteiger partial charge is 0.465 e. The van der Waals surface area contributed by atoms with Crippen molar-refractivity contribution in [2.45, 2.75) is 33.6 Å². The Kier molecular flexibility index (Phi) is 7.68. The third-order valence-electron chi connectivity index (χ3n) is 2.33. The monoisotopic (exact) mass is 288 g/mol. The summed E-state index contributed by atoms with van der Waals surface area (Å²) in [4.78, 5) is 43.9. The third kappa shape index (κ3) is 8.36. The molecule has 0 aliphatic rings. The van der Waals surface area contributed by atoms with Gasteiger partial charge in [0.25, 0.3) is 0 Å². The van der Waals surface area contributed by atoms with E-state index in [0.29, 0.717) is 0 Å². The molecule has 0 rings (SSSR count). The summed E-state index contributed by atoms with van der Waals surface area (Å²) in [7, 11) is 0. The van der Waals surface area contributed by atoms with Crippen LogP contribution in [-0.2, 0) is 28.7 Å². The third-order valence-corrected chi connectivity index (χ3v) is 2.33. The second kappa shape index (κ2) is 8.42. The van der Waals surface area contributed by atoms with Gasteiger partial charge in [0.1, 0.15) is 37.6 Å². The Morgan fingerprint density at radius 3 is 1.50 bits per heavy atom. The highest BCUT2D eigenvalue weighted by molar-refractivity contribution is 5.94. The van der Waals surface area contributed by atoms with E-state index in [9.17, 15) is 24.3 Å². The van der Waals surface area contributed by atoms with Gasteiger partial charge in [0.05, 0.1) is 12.0 Å². The average Bonchev–Trinajstić information content (AvgIpc) is 2.32. The number of ketones is 2. The fourth-order valence-electron chi connectivity index (χ4n) is 1.15. The Labute approximate surface area is 117 Å². The van der Waals surface area contributed by atoms with Gasteiger partial charge in [0.2, 0.25) is 0 Å². The number of esters is 2. The Hall–Kier alpha value is -1.76. The molecular weight excluding hydrogens is 268 g/mol. The molecule has 0 bridgehead atoms. The number of aliphatic hydroxyl groups excluding tert-OH is 1. The Balaban J connectivity index is 4.26. The van der Waals surface area contributed by atoms with Crippen molar-refractivity contribution in [2.75, 3.05) is 19.8 Å². The highest BCUT2D eigenvalue weighted by Gasteiger charge is 2.28. The van der Waals surface area contributed by atoms with Crippen LogP contribution >= 0.6 is 0 Å². The lowest BCUT2D eigenvalue weighted by molar-refractivity contribution is -0.155. The van der Waals surface area contributed by atoms with Gasteiger partial charge in [0, 0.05) is 0 Å². The summed E-state index contributed by atoms with van der Waals surface area (Å²) in [5.74, 6) is -2.05. The summed E-state index contributed by atoms with van der Waals surface area (Å²) in [6.45, 7) is 3.31. The van der Waals surface area contributed by atoms with Crippen molar-refractivity contribution in [3.8, 4) is 0 Å². The van der Waals surface area contributed by atoms with E-state index in [2.05, 4.69) is 0 Å². The lowest BCUT2D eigenvalue weighted by Gasteiger charge is -2.26. The van der Waals surface area contributed by atoms with Crippen LogP contribution in [-0.4, -0.2) is 48.4 Å². The molecular formula is C13H20O7. The van der Waals surface area contributed by atoms with Crippen LogP contribution in [0.3, 0.4) is 0 Å². The molecule has 0 atom stereocenters. The summed E-state index contributed by atoms with van der Waals surface area (Å²) in [6, 6.07) is 0. The fourth-order valence-corrected chi connectivity index (χ4v) is 1.15. The maximum Gasteiger partial charge on any atom is 0.313 e. The van der Waals surface area contributed by atoms with Crippen molar-refractivity contribution in [3.05, 3.63) is 0 Å². The van der Waals surface area contributed by atoms with Gasteiger partial charge in [0.15, 0.2) is 0 Å². The van der Waals surface area contributed by atoms with E-state index < -0.39 is 17.4 Å². The lowest BCUT2D eigenvalue weighted by Crippen LogP contribution is -2.35. The molecule has 0 aliphatic heterocycles. The zero-order chi connectivity index (χ0) is 15.8. The molecule has 0 heterocycles. The van der Waals surface area contributed by atoms with Crippen molar-refractivity contribution in [3.63, 3.8) is 0 Å². The molecule has 0 spiro atoms. The van der Waals surface area contributed by atoms with Crippen LogP contribution in [0, 0.1) is 5.41 Å². The molecule has 0 aromatic heterocycles. The van der Waals surface area contributed by atoms with Gasteiger partial charge in [-0.2, -0.15) is 0 Å². The van der Waals surface area contributed by atoms with E-state index in [1.807, 2.05) is 0 Å². The van der Waals surface area contributed by atoms with E-state index in [1.165, 1.54) is 13.8 Å². The maximum absolute atomic E-state index is 11.2. The molecule has 0 unspecified atom stereocenters. The summed E-state index contributed by atoms with van der Waals surface area (Å²) < 4.78 is 9.69. The first kappa shape index (κ1) is 18.2. The Morgan fingerprint density at radius 2 is 1.25 bits per heavy atom. The molecule has 0 aromatic carbocycles. The van der Waals surface area contributed by atoms with Crippen LogP contribution < -0.4 is 0 Å². The number of Topliss-reactive ketones (excluding diaryl/α,β-unsaturated/α-hetero) is 2. The van der Waals surface area contributed by atoms with Crippen molar-refractivity contribution >= 4 is 23.5 Å². The number of aliphatic hydroxyl groups is 1. The number of hydrogen-bond donors (Lipinski definition) is 1. The van der Waals surface area contributed by atoms with Crippen LogP contribution in [0.15, 0.2) is 0 Å². The van der Waals surface area contributed by atoms with Crippen molar-refractivity contribution in [1.29, 1.82) is 0 Å². The summed E-state index contributed by atoms with van der Waals surface area (Å²) in [6.07, 6.45) is -0.683.